The van der Waals surface area contributed by atoms with E-state index in [2.05, 4.69) is 0 Å². The molecule has 7 heteroatoms. The van der Waals surface area contributed by atoms with E-state index in [1.54, 1.807) is 0 Å². The van der Waals surface area contributed by atoms with Crippen molar-refractivity contribution in [2.24, 2.45) is 0 Å². The van der Waals surface area contributed by atoms with Gasteiger partial charge in [-0.05, 0) is 18.4 Å². The van der Waals surface area contributed by atoms with Crippen LogP contribution in [0.25, 0.3) is 0 Å². The molecule has 0 atom stereocenters. The molecule has 1 aromatic carbocycles. The predicted octanol–water partition coefficient (Wildman–Crippen LogP) is 2.94. The summed E-state index contributed by atoms with van der Waals surface area (Å²) in [6, 6.07) is 2.38. The van der Waals surface area contributed by atoms with Crippen molar-refractivity contribution >= 4 is 11.4 Å². The van der Waals surface area contributed by atoms with Crippen LogP contribution in [0.3, 0.4) is 0 Å². The lowest BCUT2D eigenvalue weighted by Crippen LogP contribution is -1.97. The molecule has 0 aliphatic heterocycles. The van der Waals surface area contributed by atoms with Crippen LogP contribution in [-0.2, 0) is 6.42 Å². The van der Waals surface area contributed by atoms with Gasteiger partial charge in [0.2, 0.25) is 0 Å². The number of unbranched alkanes of at least 4 members (excludes halogenated alkanes) is 2. The lowest BCUT2D eigenvalue weighted by Gasteiger charge is -2.03. The lowest BCUT2D eigenvalue weighted by molar-refractivity contribution is -0.396. The van der Waals surface area contributed by atoms with E-state index in [4.69, 9.17) is 0 Å². The average molecular weight is 254 g/mol. The van der Waals surface area contributed by atoms with Gasteiger partial charge >= 0.3 is 11.4 Å². The monoisotopic (exact) mass is 254 g/mol. The van der Waals surface area contributed by atoms with E-state index >= 15 is 0 Å². The molecule has 0 aromatic heterocycles. The molecule has 0 radical (unpaired) electrons. The minimum Gasteiger partial charge on any atom is -0.497 e. The average Bonchev–Trinajstić information content (AvgIpc) is 2.30. The Morgan fingerprint density at radius 1 is 1.11 bits per heavy atom. The van der Waals surface area contributed by atoms with Gasteiger partial charge in [0.1, 0.15) is 0 Å². The number of nitro benzene ring substituents is 2. The molecule has 0 aliphatic rings. The van der Waals surface area contributed by atoms with Crippen LogP contribution in [0, 0.1) is 20.2 Å². The van der Waals surface area contributed by atoms with Crippen molar-refractivity contribution in [3.8, 4) is 5.75 Å². The molecule has 0 fully saturated rings. The minimum absolute atomic E-state index is 0.500. The Kier molecular flexibility index (Phi) is 4.59. The molecule has 1 rings (SSSR count). The van der Waals surface area contributed by atoms with E-state index in [0.717, 1.165) is 19.3 Å². The molecule has 0 amide bonds. The summed E-state index contributed by atoms with van der Waals surface area (Å²) in [5.74, 6) is -0.885. The van der Waals surface area contributed by atoms with Crippen LogP contribution in [-0.4, -0.2) is 15.0 Å². The van der Waals surface area contributed by atoms with Crippen molar-refractivity contribution < 1.29 is 15.0 Å². The Balaban J connectivity index is 3.12. The van der Waals surface area contributed by atoms with Gasteiger partial charge in [-0.3, -0.25) is 20.2 Å². The third kappa shape index (κ3) is 3.16. The first kappa shape index (κ1) is 13.9. The highest BCUT2D eigenvalue weighted by molar-refractivity contribution is 5.61. The predicted molar refractivity (Wildman–Crippen MR) is 64.6 cm³/mol. The second kappa shape index (κ2) is 5.95. The summed E-state index contributed by atoms with van der Waals surface area (Å²) in [4.78, 5) is 19.8. The minimum atomic E-state index is -0.885. The maximum Gasteiger partial charge on any atom is 0.318 e. The van der Waals surface area contributed by atoms with Gasteiger partial charge in [-0.25, -0.2) is 0 Å². The zero-order chi connectivity index (χ0) is 13.7. The molecule has 1 N–H and O–H groups in total. The topological polar surface area (TPSA) is 107 Å². The highest BCUT2D eigenvalue weighted by atomic mass is 16.6. The van der Waals surface area contributed by atoms with E-state index in [1.807, 2.05) is 6.92 Å². The highest BCUT2D eigenvalue weighted by Crippen LogP contribution is 2.36. The van der Waals surface area contributed by atoms with Crippen molar-refractivity contribution in [1.29, 1.82) is 0 Å². The highest BCUT2D eigenvalue weighted by Gasteiger charge is 2.25. The summed E-state index contributed by atoms with van der Waals surface area (Å²) in [7, 11) is 0. The fraction of sp³-hybridized carbons (Fsp3) is 0.455. The molecule has 98 valence electrons. The van der Waals surface area contributed by atoms with E-state index in [1.165, 1.54) is 12.1 Å². The second-order valence-corrected chi connectivity index (χ2v) is 3.95. The number of aromatic hydroxyl groups is 1. The number of nitro groups is 2. The first-order chi connectivity index (χ1) is 8.47. The summed E-state index contributed by atoms with van der Waals surface area (Å²) >= 11 is 0. The summed E-state index contributed by atoms with van der Waals surface area (Å²) < 4.78 is 0. The molecule has 18 heavy (non-hydrogen) atoms. The zero-order valence-electron chi connectivity index (χ0n) is 9.96. The lowest BCUT2D eigenvalue weighted by atomic mass is 10.1. The number of hydrogen-bond donors (Lipinski definition) is 1. The molecule has 0 spiro atoms. The van der Waals surface area contributed by atoms with Gasteiger partial charge in [0.15, 0.2) is 0 Å². The zero-order valence-corrected chi connectivity index (χ0v) is 9.96. The largest absolute Gasteiger partial charge is 0.497 e. The van der Waals surface area contributed by atoms with Crippen molar-refractivity contribution in [3.63, 3.8) is 0 Å². The van der Waals surface area contributed by atoms with Gasteiger partial charge in [-0.2, -0.15) is 0 Å². The SMILES string of the molecule is CCCCCc1cc([N+](=O)[O-])c(O)c([N+](=O)[O-])c1. The first-order valence-corrected chi connectivity index (χ1v) is 5.62. The molecule has 0 heterocycles. The Morgan fingerprint density at radius 2 is 1.61 bits per heavy atom. The van der Waals surface area contributed by atoms with Gasteiger partial charge in [0, 0.05) is 12.1 Å². The summed E-state index contributed by atoms with van der Waals surface area (Å²) in [5.41, 5.74) is -0.731. The molecule has 0 saturated heterocycles. The Bertz CT molecular complexity index is 437. The Labute approximate surface area is 103 Å². The fourth-order valence-electron chi connectivity index (χ4n) is 1.66. The van der Waals surface area contributed by atoms with E-state index < -0.39 is 27.0 Å². The summed E-state index contributed by atoms with van der Waals surface area (Å²) in [6.07, 6.45) is 3.26. The number of nitrogens with zero attached hydrogens (tertiary/aromatic N) is 2. The Hall–Kier alpha value is -2.18. The molecule has 0 aliphatic carbocycles. The number of hydrogen-bond acceptors (Lipinski definition) is 5. The molecule has 1 aromatic rings. The van der Waals surface area contributed by atoms with E-state index in [9.17, 15) is 25.3 Å². The third-order valence-corrected chi connectivity index (χ3v) is 2.59. The molecule has 0 unspecified atom stereocenters. The molecule has 7 nitrogen and oxygen atoms in total. The number of aryl methyl sites for hydroxylation is 1. The van der Waals surface area contributed by atoms with Crippen molar-refractivity contribution in [1.82, 2.24) is 0 Å². The second-order valence-electron chi connectivity index (χ2n) is 3.95. The van der Waals surface area contributed by atoms with Gasteiger partial charge in [-0.15, -0.1) is 0 Å². The van der Waals surface area contributed by atoms with E-state index in [-0.39, 0.29) is 0 Å². The first-order valence-electron chi connectivity index (χ1n) is 5.62. The quantitative estimate of drug-likeness (QED) is 0.477. The van der Waals surface area contributed by atoms with Crippen LogP contribution >= 0.6 is 0 Å². The van der Waals surface area contributed by atoms with Crippen LogP contribution < -0.4 is 0 Å². The Morgan fingerprint density at radius 3 is 2.00 bits per heavy atom. The standard InChI is InChI=1S/C11H14N2O5/c1-2-3-4-5-8-6-9(12(15)16)11(14)10(7-8)13(17)18/h6-7,14H,2-5H2,1H3. The van der Waals surface area contributed by atoms with Gasteiger partial charge in [0.25, 0.3) is 5.75 Å². The van der Waals surface area contributed by atoms with Crippen molar-refractivity contribution in [2.45, 2.75) is 32.6 Å². The van der Waals surface area contributed by atoms with Crippen LogP contribution in [0.1, 0.15) is 31.7 Å². The summed E-state index contributed by atoms with van der Waals surface area (Å²) in [5, 5.41) is 30.8. The third-order valence-electron chi connectivity index (χ3n) is 2.59. The van der Waals surface area contributed by atoms with Crippen molar-refractivity contribution in [3.05, 3.63) is 37.9 Å². The number of benzene rings is 1. The van der Waals surface area contributed by atoms with Gasteiger partial charge in [-0.1, -0.05) is 19.8 Å². The molecular weight excluding hydrogens is 240 g/mol. The van der Waals surface area contributed by atoms with Crippen molar-refractivity contribution in [2.75, 3.05) is 0 Å². The molecule has 0 saturated carbocycles. The van der Waals surface area contributed by atoms with Gasteiger partial charge in [0.05, 0.1) is 9.85 Å². The fourth-order valence-corrected chi connectivity index (χ4v) is 1.66. The van der Waals surface area contributed by atoms with Crippen LogP contribution in [0.15, 0.2) is 12.1 Å². The smallest absolute Gasteiger partial charge is 0.318 e. The van der Waals surface area contributed by atoms with Crippen LogP contribution in [0.5, 0.6) is 5.75 Å². The van der Waals surface area contributed by atoms with Crippen LogP contribution in [0.4, 0.5) is 11.4 Å². The van der Waals surface area contributed by atoms with Gasteiger partial charge < -0.3 is 5.11 Å². The maximum atomic E-state index is 10.7. The number of rotatable bonds is 6. The normalized spacial score (nSPS) is 10.3. The van der Waals surface area contributed by atoms with Crippen LogP contribution in [0.2, 0.25) is 0 Å². The maximum absolute atomic E-state index is 10.7. The molecule has 0 bridgehead atoms. The summed E-state index contributed by atoms with van der Waals surface area (Å²) in [6.45, 7) is 2.02. The van der Waals surface area contributed by atoms with E-state index in [0.29, 0.717) is 12.0 Å². The number of phenols is 1. The number of phenolic OH excluding ortho intramolecular Hbond substituents is 1. The molecular formula is C11H14N2O5.